The second kappa shape index (κ2) is 5.10. The number of hydrogen-bond acceptors (Lipinski definition) is 4. The van der Waals surface area contributed by atoms with Crippen molar-refractivity contribution in [2.75, 3.05) is 11.9 Å². The topological polar surface area (TPSA) is 67.2 Å². The molecule has 5 heteroatoms. The van der Waals surface area contributed by atoms with Crippen molar-refractivity contribution < 1.29 is 5.11 Å². The van der Waals surface area contributed by atoms with Gasteiger partial charge < -0.3 is 10.4 Å². The van der Waals surface area contributed by atoms with Gasteiger partial charge in [-0.05, 0) is 39.0 Å². The zero-order valence-corrected chi connectivity index (χ0v) is 11.0. The smallest absolute Gasteiger partial charge is 0.268 e. The van der Waals surface area contributed by atoms with E-state index in [1.807, 2.05) is 0 Å². The van der Waals surface area contributed by atoms with Crippen molar-refractivity contribution in [2.45, 2.75) is 45.3 Å². The number of nitrogens with zero attached hydrogens (tertiary/aromatic N) is 2. The Kier molecular flexibility index (Phi) is 3.71. The van der Waals surface area contributed by atoms with Crippen molar-refractivity contribution in [1.82, 2.24) is 9.78 Å². The molecule has 1 heterocycles. The van der Waals surface area contributed by atoms with E-state index in [4.69, 9.17) is 0 Å². The lowest BCUT2D eigenvalue weighted by Gasteiger charge is -2.17. The molecule has 0 saturated heterocycles. The minimum absolute atomic E-state index is 0.125. The molecule has 0 radical (unpaired) electrons. The number of anilines is 1. The van der Waals surface area contributed by atoms with Crippen molar-refractivity contribution in [3.8, 4) is 0 Å². The zero-order valence-electron chi connectivity index (χ0n) is 11.0. The predicted molar refractivity (Wildman–Crippen MR) is 70.6 cm³/mol. The fourth-order valence-electron chi connectivity index (χ4n) is 1.66. The fraction of sp³-hybridized carbons (Fsp3) is 0.692. The molecule has 0 bridgehead atoms. The van der Waals surface area contributed by atoms with Gasteiger partial charge in [-0.25, -0.2) is 4.68 Å². The fourth-order valence-corrected chi connectivity index (χ4v) is 1.66. The van der Waals surface area contributed by atoms with Crippen molar-refractivity contribution in [3.05, 3.63) is 22.6 Å². The second-order valence-corrected chi connectivity index (χ2v) is 5.69. The standard InChI is InChI=1S/C13H21N3O2/c1-13(2,18)5-6-16-12(17)7-11(9-15-16)14-8-10-3-4-10/h7,9-10,14,18H,3-6,8H2,1-2H3. The van der Waals surface area contributed by atoms with Crippen LogP contribution in [0.4, 0.5) is 5.69 Å². The quantitative estimate of drug-likeness (QED) is 0.798. The van der Waals surface area contributed by atoms with Gasteiger partial charge in [-0.15, -0.1) is 0 Å². The molecule has 0 spiro atoms. The molecule has 2 rings (SSSR count). The summed E-state index contributed by atoms with van der Waals surface area (Å²) in [4.78, 5) is 11.8. The molecule has 0 aliphatic heterocycles. The molecule has 5 nitrogen and oxygen atoms in total. The Morgan fingerprint density at radius 1 is 1.56 bits per heavy atom. The summed E-state index contributed by atoms with van der Waals surface area (Å²) < 4.78 is 1.39. The van der Waals surface area contributed by atoms with Crippen molar-refractivity contribution in [3.63, 3.8) is 0 Å². The van der Waals surface area contributed by atoms with Crippen LogP contribution in [-0.2, 0) is 6.54 Å². The van der Waals surface area contributed by atoms with E-state index in [0.717, 1.165) is 18.2 Å². The molecule has 2 N–H and O–H groups in total. The highest BCUT2D eigenvalue weighted by Crippen LogP contribution is 2.28. The molecule has 1 saturated carbocycles. The highest BCUT2D eigenvalue weighted by molar-refractivity contribution is 5.38. The molecule has 1 fully saturated rings. The summed E-state index contributed by atoms with van der Waals surface area (Å²) in [6.45, 7) is 4.81. The van der Waals surface area contributed by atoms with Crippen LogP contribution >= 0.6 is 0 Å². The van der Waals surface area contributed by atoms with E-state index in [0.29, 0.717) is 13.0 Å². The Morgan fingerprint density at radius 3 is 2.83 bits per heavy atom. The van der Waals surface area contributed by atoms with Gasteiger partial charge in [-0.3, -0.25) is 4.79 Å². The Labute approximate surface area is 107 Å². The lowest BCUT2D eigenvalue weighted by atomic mass is 10.1. The maximum absolute atomic E-state index is 11.8. The molecular formula is C13H21N3O2. The first kappa shape index (κ1) is 13.1. The monoisotopic (exact) mass is 251 g/mol. The lowest BCUT2D eigenvalue weighted by molar-refractivity contribution is 0.0646. The van der Waals surface area contributed by atoms with Gasteiger partial charge in [0.05, 0.1) is 17.5 Å². The number of rotatable bonds is 6. The second-order valence-electron chi connectivity index (χ2n) is 5.69. The van der Waals surface area contributed by atoms with Gasteiger partial charge in [-0.1, -0.05) is 0 Å². The van der Waals surface area contributed by atoms with Crippen molar-refractivity contribution in [1.29, 1.82) is 0 Å². The number of nitrogens with one attached hydrogen (secondary N) is 1. The lowest BCUT2D eigenvalue weighted by Crippen LogP contribution is -2.28. The zero-order chi connectivity index (χ0) is 13.2. The third kappa shape index (κ3) is 4.14. The molecule has 1 aliphatic rings. The van der Waals surface area contributed by atoms with Gasteiger partial charge in [-0.2, -0.15) is 5.10 Å². The molecule has 0 atom stereocenters. The Balaban J connectivity index is 1.93. The van der Waals surface area contributed by atoms with E-state index in [2.05, 4.69) is 10.4 Å². The maximum atomic E-state index is 11.8. The first-order valence-electron chi connectivity index (χ1n) is 6.47. The average Bonchev–Trinajstić information content (AvgIpc) is 3.07. The Morgan fingerprint density at radius 2 is 2.28 bits per heavy atom. The first-order valence-corrected chi connectivity index (χ1v) is 6.47. The van der Waals surface area contributed by atoms with E-state index in [1.54, 1.807) is 26.1 Å². The first-order chi connectivity index (χ1) is 8.44. The van der Waals surface area contributed by atoms with Crippen LogP contribution in [0.25, 0.3) is 0 Å². The van der Waals surface area contributed by atoms with Crippen LogP contribution in [0.3, 0.4) is 0 Å². The molecule has 0 amide bonds. The normalized spacial score (nSPS) is 15.7. The summed E-state index contributed by atoms with van der Waals surface area (Å²) in [5, 5.41) is 17.0. The summed E-state index contributed by atoms with van der Waals surface area (Å²) in [6, 6.07) is 1.57. The molecule has 18 heavy (non-hydrogen) atoms. The maximum Gasteiger partial charge on any atom is 0.268 e. The molecule has 1 aromatic heterocycles. The summed E-state index contributed by atoms with van der Waals surface area (Å²) in [5.41, 5.74) is -0.115. The SMILES string of the molecule is CC(C)(O)CCn1ncc(NCC2CC2)cc1=O. The highest BCUT2D eigenvalue weighted by atomic mass is 16.3. The van der Waals surface area contributed by atoms with Crippen LogP contribution in [0.1, 0.15) is 33.1 Å². The summed E-state index contributed by atoms with van der Waals surface area (Å²) >= 11 is 0. The van der Waals surface area contributed by atoms with Crippen molar-refractivity contribution in [2.24, 2.45) is 5.92 Å². The van der Waals surface area contributed by atoms with Gasteiger partial charge in [0.1, 0.15) is 0 Å². The van der Waals surface area contributed by atoms with E-state index in [1.165, 1.54) is 17.5 Å². The number of hydrogen-bond donors (Lipinski definition) is 2. The van der Waals surface area contributed by atoms with Gasteiger partial charge in [0.25, 0.3) is 5.56 Å². The molecule has 100 valence electrons. The third-order valence-corrected chi connectivity index (χ3v) is 3.10. The molecular weight excluding hydrogens is 230 g/mol. The van der Waals surface area contributed by atoms with Crippen LogP contribution in [-0.4, -0.2) is 27.0 Å². The van der Waals surface area contributed by atoms with Gasteiger partial charge in [0, 0.05) is 19.2 Å². The minimum Gasteiger partial charge on any atom is -0.390 e. The van der Waals surface area contributed by atoms with Gasteiger partial charge in [0.2, 0.25) is 0 Å². The third-order valence-electron chi connectivity index (χ3n) is 3.10. The van der Waals surface area contributed by atoms with Gasteiger partial charge >= 0.3 is 0 Å². The number of aromatic nitrogens is 2. The minimum atomic E-state index is -0.774. The molecule has 0 aromatic carbocycles. The van der Waals surface area contributed by atoms with Crippen LogP contribution in [0, 0.1) is 5.92 Å². The van der Waals surface area contributed by atoms with Gasteiger partial charge in [0.15, 0.2) is 0 Å². The van der Waals surface area contributed by atoms with Crippen molar-refractivity contribution >= 4 is 5.69 Å². The number of aliphatic hydroxyl groups is 1. The number of aryl methyl sites for hydroxylation is 1. The highest BCUT2D eigenvalue weighted by Gasteiger charge is 2.20. The summed E-state index contributed by atoms with van der Waals surface area (Å²) in [6.07, 6.45) is 4.75. The molecule has 1 aromatic rings. The van der Waals surface area contributed by atoms with E-state index in [9.17, 15) is 9.90 Å². The van der Waals surface area contributed by atoms with Crippen LogP contribution in [0.15, 0.2) is 17.1 Å². The largest absolute Gasteiger partial charge is 0.390 e. The van der Waals surface area contributed by atoms with E-state index >= 15 is 0 Å². The Hall–Kier alpha value is -1.36. The van der Waals surface area contributed by atoms with E-state index in [-0.39, 0.29) is 5.56 Å². The summed E-state index contributed by atoms with van der Waals surface area (Å²) in [5.74, 6) is 0.766. The van der Waals surface area contributed by atoms with Crippen LogP contribution < -0.4 is 10.9 Å². The average molecular weight is 251 g/mol. The van der Waals surface area contributed by atoms with Crippen LogP contribution in [0.2, 0.25) is 0 Å². The molecule has 1 aliphatic carbocycles. The van der Waals surface area contributed by atoms with E-state index < -0.39 is 5.60 Å². The Bertz CT molecular complexity index is 458. The molecule has 0 unspecified atom stereocenters. The summed E-state index contributed by atoms with van der Waals surface area (Å²) in [7, 11) is 0. The predicted octanol–water partition coefficient (Wildman–Crippen LogP) is 1.23. The van der Waals surface area contributed by atoms with Crippen LogP contribution in [0.5, 0.6) is 0 Å².